The molecule has 6 aliphatic rings. The predicted octanol–water partition coefficient (Wildman–Crippen LogP) is 2.84. The first-order valence-corrected chi connectivity index (χ1v) is 11.6. The summed E-state index contributed by atoms with van der Waals surface area (Å²) in [6.45, 7) is 6.16. The van der Waals surface area contributed by atoms with E-state index in [2.05, 4.69) is 19.2 Å². The van der Waals surface area contributed by atoms with E-state index in [1.807, 2.05) is 6.08 Å². The van der Waals surface area contributed by atoms with Gasteiger partial charge in [-0.3, -0.25) is 14.4 Å². The number of hydrogen-bond acceptors (Lipinski definition) is 5. The highest BCUT2D eigenvalue weighted by Crippen LogP contribution is 2.77. The molecular formula is C24H31NO5. The summed E-state index contributed by atoms with van der Waals surface area (Å²) in [6, 6.07) is -0.0467. The molecule has 3 unspecified atom stereocenters. The van der Waals surface area contributed by atoms with Crippen LogP contribution in [0.15, 0.2) is 11.6 Å². The molecule has 0 radical (unpaired) electrons. The van der Waals surface area contributed by atoms with Gasteiger partial charge in [0.2, 0.25) is 5.91 Å². The highest BCUT2D eigenvalue weighted by molar-refractivity contribution is 5.92. The molecule has 0 aromatic carbocycles. The molecule has 4 aliphatic carbocycles. The van der Waals surface area contributed by atoms with Gasteiger partial charge in [0.15, 0.2) is 5.78 Å². The second-order valence-electron chi connectivity index (χ2n) is 11.1. The lowest BCUT2D eigenvalue weighted by Gasteiger charge is -2.59. The van der Waals surface area contributed by atoms with Crippen molar-refractivity contribution < 1.29 is 23.9 Å². The molecule has 0 aromatic rings. The van der Waals surface area contributed by atoms with Crippen LogP contribution in [-0.4, -0.2) is 41.0 Å². The number of fused-ring (bicyclic) bond motifs is 4. The van der Waals surface area contributed by atoms with Gasteiger partial charge in [0.25, 0.3) is 0 Å². The number of carbonyl (C=O) groups excluding carboxylic acids is 3. The first-order valence-electron chi connectivity index (χ1n) is 11.6. The van der Waals surface area contributed by atoms with Crippen molar-refractivity contribution in [1.29, 1.82) is 0 Å². The molecule has 6 heteroatoms. The molecule has 3 saturated carbocycles. The van der Waals surface area contributed by atoms with E-state index >= 15 is 0 Å². The molecule has 2 saturated heterocycles. The Hall–Kier alpha value is -1.69. The molecule has 5 fully saturated rings. The fourth-order valence-electron chi connectivity index (χ4n) is 8.71. The lowest BCUT2D eigenvalue weighted by molar-refractivity contribution is -0.165. The molecule has 162 valence electrons. The lowest BCUT2D eigenvalue weighted by Crippen LogP contribution is -2.66. The number of epoxide rings is 1. The lowest BCUT2D eigenvalue weighted by atomic mass is 9.45. The van der Waals surface area contributed by atoms with Gasteiger partial charge in [-0.15, -0.1) is 0 Å². The van der Waals surface area contributed by atoms with E-state index in [4.69, 9.17) is 9.47 Å². The highest BCUT2D eigenvalue weighted by atomic mass is 16.6. The van der Waals surface area contributed by atoms with E-state index in [0.717, 1.165) is 37.7 Å². The largest absolute Gasteiger partial charge is 0.458 e. The summed E-state index contributed by atoms with van der Waals surface area (Å²) in [6.07, 6.45) is 8.13. The second-order valence-corrected chi connectivity index (χ2v) is 11.1. The van der Waals surface area contributed by atoms with Gasteiger partial charge in [-0.25, -0.2) is 0 Å². The van der Waals surface area contributed by atoms with Crippen molar-refractivity contribution in [3.8, 4) is 0 Å². The second kappa shape index (κ2) is 5.56. The Bertz CT molecular complexity index is 911. The summed E-state index contributed by atoms with van der Waals surface area (Å²) in [7, 11) is 0. The monoisotopic (exact) mass is 413 g/mol. The van der Waals surface area contributed by atoms with Crippen LogP contribution in [0, 0.1) is 22.7 Å². The van der Waals surface area contributed by atoms with Crippen LogP contribution in [0.25, 0.3) is 0 Å². The van der Waals surface area contributed by atoms with E-state index in [1.165, 1.54) is 0 Å². The van der Waals surface area contributed by atoms with Crippen LogP contribution in [0.2, 0.25) is 0 Å². The summed E-state index contributed by atoms with van der Waals surface area (Å²) in [5, 5.41) is 3.24. The molecule has 0 aromatic heterocycles. The van der Waals surface area contributed by atoms with Crippen LogP contribution in [0.4, 0.5) is 0 Å². The zero-order valence-corrected chi connectivity index (χ0v) is 18.1. The van der Waals surface area contributed by atoms with E-state index in [1.54, 1.807) is 6.92 Å². The molecule has 6 rings (SSSR count). The maximum Gasteiger partial charge on any atom is 0.306 e. The molecule has 6 nitrogen and oxygen atoms in total. The average Bonchev–Trinajstić information content (AvgIpc) is 3.15. The molecule has 30 heavy (non-hydrogen) atoms. The van der Waals surface area contributed by atoms with Gasteiger partial charge in [0.05, 0.1) is 6.10 Å². The van der Waals surface area contributed by atoms with Crippen molar-refractivity contribution in [2.24, 2.45) is 22.7 Å². The van der Waals surface area contributed by atoms with Gasteiger partial charge >= 0.3 is 5.97 Å². The van der Waals surface area contributed by atoms with Crippen molar-refractivity contribution in [2.45, 2.75) is 95.5 Å². The minimum absolute atomic E-state index is 0.0361. The Morgan fingerprint density at radius 3 is 2.67 bits per heavy atom. The first kappa shape index (κ1) is 19.0. The summed E-state index contributed by atoms with van der Waals surface area (Å²) < 4.78 is 12.7. The number of ether oxygens (including phenoxy) is 2. The van der Waals surface area contributed by atoms with Crippen LogP contribution in [0.3, 0.4) is 0 Å². The van der Waals surface area contributed by atoms with E-state index in [0.29, 0.717) is 25.2 Å². The molecule has 2 aliphatic heterocycles. The van der Waals surface area contributed by atoms with Crippen molar-refractivity contribution in [3.63, 3.8) is 0 Å². The minimum atomic E-state index is -0.382. The summed E-state index contributed by atoms with van der Waals surface area (Å²) >= 11 is 0. The van der Waals surface area contributed by atoms with E-state index in [9.17, 15) is 14.4 Å². The number of nitrogens with one attached hydrogen (secondary N) is 1. The van der Waals surface area contributed by atoms with Gasteiger partial charge in [-0.05, 0) is 50.5 Å². The van der Waals surface area contributed by atoms with Gasteiger partial charge in [-0.2, -0.15) is 0 Å². The fourth-order valence-corrected chi connectivity index (χ4v) is 8.71. The molecular weight excluding hydrogens is 382 g/mol. The van der Waals surface area contributed by atoms with Gasteiger partial charge in [0.1, 0.15) is 11.2 Å². The first-order chi connectivity index (χ1) is 14.2. The predicted molar refractivity (Wildman–Crippen MR) is 107 cm³/mol. The number of carbonyl (C=O) groups is 3. The average molecular weight is 414 g/mol. The molecule has 1 amide bonds. The van der Waals surface area contributed by atoms with Gasteiger partial charge < -0.3 is 14.8 Å². The fraction of sp³-hybridized carbons (Fsp3) is 0.792. The number of ketones is 1. The molecule has 0 bridgehead atoms. The maximum atomic E-state index is 12.2. The zero-order chi connectivity index (χ0) is 21.1. The third kappa shape index (κ3) is 2.02. The highest BCUT2D eigenvalue weighted by Gasteiger charge is 2.83. The Kier molecular flexibility index (Phi) is 3.53. The van der Waals surface area contributed by atoms with Crippen LogP contribution < -0.4 is 5.32 Å². The van der Waals surface area contributed by atoms with Crippen molar-refractivity contribution >= 4 is 17.7 Å². The summed E-state index contributed by atoms with van der Waals surface area (Å²) in [5.74, 6) is 0.588. The zero-order valence-electron chi connectivity index (χ0n) is 18.1. The number of esters is 1. The smallest absolute Gasteiger partial charge is 0.306 e. The SMILES string of the molecule is CC(=O)N[C@@H]1CC2=CC(=O)CC[C@]2(C)C23O[C@H]2C[C@@]2(C)C(CC[C@@]24CCC(=O)O4)C13. The number of hydrogen-bond donors (Lipinski definition) is 1. The van der Waals surface area contributed by atoms with Crippen LogP contribution in [0.1, 0.15) is 72.1 Å². The van der Waals surface area contributed by atoms with Crippen molar-refractivity contribution in [1.82, 2.24) is 5.32 Å². The Balaban J connectivity index is 1.47. The van der Waals surface area contributed by atoms with Gasteiger partial charge in [0, 0.05) is 42.6 Å². The normalized spacial score (nSPS) is 53.2. The van der Waals surface area contributed by atoms with E-state index < -0.39 is 0 Å². The Morgan fingerprint density at radius 2 is 1.97 bits per heavy atom. The summed E-state index contributed by atoms with van der Waals surface area (Å²) in [5.41, 5.74) is 0.165. The Morgan fingerprint density at radius 1 is 1.17 bits per heavy atom. The van der Waals surface area contributed by atoms with Crippen molar-refractivity contribution in [3.05, 3.63) is 11.6 Å². The topological polar surface area (TPSA) is 85.0 Å². The molecule has 2 heterocycles. The quantitative estimate of drug-likeness (QED) is 0.528. The molecule has 2 spiro atoms. The maximum absolute atomic E-state index is 12.2. The van der Waals surface area contributed by atoms with E-state index in [-0.39, 0.29) is 57.8 Å². The molecule has 1 N–H and O–H groups in total. The standard InChI is InChI=1S/C24H31NO5/c1-13(26)25-17-11-14-10-15(27)4-7-21(14,2)24-18(29-24)12-22(3)16(20(17)24)5-8-23(22)9-6-19(28)30-23/h10,16-18,20H,4-9,11-12H2,1-3H3,(H,25,26)/t16?,17-,18+,20?,21+,22+,23-,24?/m1/s1. The van der Waals surface area contributed by atoms with Crippen molar-refractivity contribution in [2.75, 3.05) is 0 Å². The summed E-state index contributed by atoms with van der Waals surface area (Å²) in [4.78, 5) is 36.5. The third-order valence-corrected chi connectivity index (χ3v) is 10.1. The number of amides is 1. The Labute approximate surface area is 177 Å². The number of rotatable bonds is 1. The van der Waals surface area contributed by atoms with Crippen LogP contribution in [0.5, 0.6) is 0 Å². The third-order valence-electron chi connectivity index (χ3n) is 10.1. The van der Waals surface area contributed by atoms with Crippen LogP contribution >= 0.6 is 0 Å². The van der Waals surface area contributed by atoms with Gasteiger partial charge in [-0.1, -0.05) is 19.4 Å². The molecule has 8 atom stereocenters. The van der Waals surface area contributed by atoms with Crippen LogP contribution in [-0.2, 0) is 23.9 Å². The minimum Gasteiger partial charge on any atom is -0.458 e.